The first-order valence-corrected chi connectivity index (χ1v) is 10.7. The van der Waals surface area contributed by atoms with Crippen LogP contribution in [0.15, 0.2) is 73.3 Å². The molecule has 1 amide bonds. The molecule has 178 valence electrons. The van der Waals surface area contributed by atoms with Gasteiger partial charge < -0.3 is 19.5 Å². The number of pyridine rings is 1. The zero-order valence-electron chi connectivity index (χ0n) is 19.9. The first-order valence-electron chi connectivity index (χ1n) is 10.7. The quantitative estimate of drug-likeness (QED) is 0.386. The largest absolute Gasteiger partial charge is 0.493 e. The lowest BCUT2D eigenvalue weighted by molar-refractivity contribution is 0.102. The van der Waals surface area contributed by atoms with Crippen molar-refractivity contribution in [2.24, 2.45) is 0 Å². The highest BCUT2D eigenvalue weighted by Crippen LogP contribution is 2.39. The zero-order chi connectivity index (χ0) is 24.8. The summed E-state index contributed by atoms with van der Waals surface area (Å²) >= 11 is 0. The Bertz CT molecular complexity index is 1250. The van der Waals surface area contributed by atoms with Crippen LogP contribution in [-0.4, -0.2) is 42.2 Å². The lowest BCUT2D eigenvalue weighted by Gasteiger charge is -2.25. The van der Waals surface area contributed by atoms with Gasteiger partial charge in [0.25, 0.3) is 5.91 Å². The van der Waals surface area contributed by atoms with Crippen LogP contribution in [-0.2, 0) is 0 Å². The molecule has 0 unspecified atom stereocenters. The lowest BCUT2D eigenvalue weighted by Crippen LogP contribution is -2.16. The monoisotopic (exact) mass is 471 g/mol. The fourth-order valence-electron chi connectivity index (χ4n) is 3.61. The van der Waals surface area contributed by atoms with Crippen LogP contribution in [0.3, 0.4) is 0 Å². The van der Waals surface area contributed by atoms with Crippen LogP contribution in [0.2, 0.25) is 0 Å². The van der Waals surface area contributed by atoms with Gasteiger partial charge in [-0.3, -0.25) is 14.7 Å². The Morgan fingerprint density at radius 3 is 2.11 bits per heavy atom. The van der Waals surface area contributed by atoms with E-state index in [9.17, 15) is 4.79 Å². The summed E-state index contributed by atoms with van der Waals surface area (Å²) in [6.45, 7) is 1.98. The van der Waals surface area contributed by atoms with E-state index in [2.05, 4.69) is 20.3 Å². The van der Waals surface area contributed by atoms with E-state index < -0.39 is 0 Å². The van der Waals surface area contributed by atoms with Crippen LogP contribution in [0.1, 0.15) is 15.9 Å². The van der Waals surface area contributed by atoms with Crippen molar-refractivity contribution in [3.8, 4) is 17.2 Å². The van der Waals surface area contributed by atoms with Crippen molar-refractivity contribution in [3.05, 3.63) is 84.4 Å². The Morgan fingerprint density at radius 2 is 1.51 bits per heavy atom. The molecule has 0 spiro atoms. The van der Waals surface area contributed by atoms with Crippen LogP contribution in [0.5, 0.6) is 17.2 Å². The summed E-state index contributed by atoms with van der Waals surface area (Å²) in [5.41, 5.74) is 3.57. The van der Waals surface area contributed by atoms with Crippen molar-refractivity contribution < 1.29 is 19.0 Å². The van der Waals surface area contributed by atoms with Crippen molar-refractivity contribution in [2.45, 2.75) is 6.92 Å². The summed E-state index contributed by atoms with van der Waals surface area (Å²) in [6.07, 6.45) is 6.78. The third-order valence-electron chi connectivity index (χ3n) is 5.31. The highest BCUT2D eigenvalue weighted by atomic mass is 16.5. The zero-order valence-corrected chi connectivity index (χ0v) is 19.9. The van der Waals surface area contributed by atoms with Gasteiger partial charge in [0, 0.05) is 36.0 Å². The Morgan fingerprint density at radius 1 is 0.857 bits per heavy atom. The average Bonchev–Trinajstić information content (AvgIpc) is 2.90. The molecule has 0 bridgehead atoms. The Balaban J connectivity index is 1.71. The van der Waals surface area contributed by atoms with Crippen LogP contribution >= 0.6 is 0 Å². The van der Waals surface area contributed by atoms with E-state index in [4.69, 9.17) is 14.2 Å². The number of methoxy groups -OCH3 is 3. The van der Waals surface area contributed by atoms with Gasteiger partial charge in [-0.05, 0) is 55.0 Å². The summed E-state index contributed by atoms with van der Waals surface area (Å²) in [4.78, 5) is 28.0. The molecular formula is C26H25N5O4. The molecule has 4 aromatic rings. The normalized spacial score (nSPS) is 10.4. The van der Waals surface area contributed by atoms with Crippen LogP contribution in [0.4, 0.5) is 23.0 Å². The molecule has 9 heteroatoms. The molecule has 2 aromatic carbocycles. The fraction of sp³-hybridized carbons (Fsp3) is 0.154. The molecule has 35 heavy (non-hydrogen) atoms. The molecule has 2 heterocycles. The van der Waals surface area contributed by atoms with Crippen molar-refractivity contribution in [1.29, 1.82) is 0 Å². The average molecular weight is 472 g/mol. The molecule has 4 rings (SSSR count). The predicted molar refractivity (Wildman–Crippen MR) is 133 cm³/mol. The minimum atomic E-state index is -0.328. The number of amides is 1. The second-order valence-corrected chi connectivity index (χ2v) is 7.46. The fourth-order valence-corrected chi connectivity index (χ4v) is 3.61. The molecule has 0 saturated heterocycles. The molecule has 0 atom stereocenters. The van der Waals surface area contributed by atoms with E-state index in [1.807, 2.05) is 42.2 Å². The van der Waals surface area contributed by atoms with Crippen molar-refractivity contribution in [2.75, 3.05) is 31.5 Å². The molecule has 0 aliphatic carbocycles. The van der Waals surface area contributed by atoms with Gasteiger partial charge in [0.15, 0.2) is 11.5 Å². The first-order chi connectivity index (χ1) is 17.0. The van der Waals surface area contributed by atoms with E-state index >= 15 is 0 Å². The Kier molecular flexibility index (Phi) is 7.06. The lowest BCUT2D eigenvalue weighted by atomic mass is 10.1. The highest BCUT2D eigenvalue weighted by Gasteiger charge is 2.20. The van der Waals surface area contributed by atoms with Crippen molar-refractivity contribution >= 4 is 28.9 Å². The summed E-state index contributed by atoms with van der Waals surface area (Å²) in [5, 5.41) is 2.95. The second-order valence-electron chi connectivity index (χ2n) is 7.46. The number of carbonyl (C=O) groups is 1. The van der Waals surface area contributed by atoms with E-state index in [-0.39, 0.29) is 5.91 Å². The molecule has 9 nitrogen and oxygen atoms in total. The van der Waals surface area contributed by atoms with Gasteiger partial charge in [-0.1, -0.05) is 6.07 Å². The van der Waals surface area contributed by atoms with Gasteiger partial charge in [0.1, 0.15) is 0 Å². The number of carbonyl (C=O) groups excluding carboxylic acids is 1. The van der Waals surface area contributed by atoms with Gasteiger partial charge in [-0.25, -0.2) is 9.97 Å². The number of benzene rings is 2. The maximum absolute atomic E-state index is 13.1. The highest BCUT2D eigenvalue weighted by molar-refractivity contribution is 6.05. The van der Waals surface area contributed by atoms with E-state index in [1.165, 1.54) is 21.3 Å². The van der Waals surface area contributed by atoms with Gasteiger partial charge in [-0.2, -0.15) is 0 Å². The third-order valence-corrected chi connectivity index (χ3v) is 5.31. The van der Waals surface area contributed by atoms with E-state index in [1.54, 1.807) is 43.0 Å². The van der Waals surface area contributed by atoms with Crippen molar-refractivity contribution in [1.82, 2.24) is 15.0 Å². The number of rotatable bonds is 8. The smallest absolute Gasteiger partial charge is 0.255 e. The SMILES string of the molecule is COc1cc(C(=O)Nc2ccc(C)c(N(c3ccncc3)c3ncccn3)c2)cc(OC)c1OC. The number of aryl methyl sites for hydroxylation is 1. The summed E-state index contributed by atoms with van der Waals surface area (Å²) in [6, 6.07) is 14.4. The molecule has 0 aliphatic rings. The molecular weight excluding hydrogens is 446 g/mol. The summed E-state index contributed by atoms with van der Waals surface area (Å²) in [7, 11) is 4.52. The van der Waals surface area contributed by atoms with Crippen molar-refractivity contribution in [3.63, 3.8) is 0 Å². The van der Waals surface area contributed by atoms with Gasteiger partial charge in [0.2, 0.25) is 11.7 Å². The molecule has 2 aromatic heterocycles. The second kappa shape index (κ2) is 10.5. The number of aromatic nitrogens is 3. The maximum atomic E-state index is 13.1. The number of nitrogens with one attached hydrogen (secondary N) is 1. The Labute approximate surface area is 203 Å². The number of ether oxygens (including phenoxy) is 3. The number of anilines is 4. The summed E-state index contributed by atoms with van der Waals surface area (Å²) < 4.78 is 16.1. The van der Waals surface area contributed by atoms with Gasteiger partial charge in [0.05, 0.1) is 32.7 Å². The number of nitrogens with zero attached hydrogens (tertiary/aromatic N) is 4. The number of hydrogen-bond acceptors (Lipinski definition) is 8. The van der Waals surface area contributed by atoms with E-state index in [0.29, 0.717) is 34.4 Å². The third kappa shape index (κ3) is 4.98. The van der Waals surface area contributed by atoms with Crippen LogP contribution in [0.25, 0.3) is 0 Å². The van der Waals surface area contributed by atoms with Crippen LogP contribution in [0, 0.1) is 6.92 Å². The van der Waals surface area contributed by atoms with E-state index in [0.717, 1.165) is 16.9 Å². The topological polar surface area (TPSA) is 98.7 Å². The molecule has 0 radical (unpaired) electrons. The molecule has 0 fully saturated rings. The number of hydrogen-bond donors (Lipinski definition) is 1. The maximum Gasteiger partial charge on any atom is 0.255 e. The first kappa shape index (κ1) is 23.5. The minimum Gasteiger partial charge on any atom is -0.493 e. The standard InChI is InChI=1S/C26H25N5O4/c1-17-6-7-19(30-25(32)18-14-22(33-2)24(35-4)23(15-18)34-3)16-21(17)31(20-8-12-27-13-9-20)26-28-10-5-11-29-26/h5-16H,1-4H3,(H,30,32). The van der Waals surface area contributed by atoms with Gasteiger partial charge >= 0.3 is 0 Å². The molecule has 0 aliphatic heterocycles. The molecule has 0 saturated carbocycles. The van der Waals surface area contributed by atoms with Gasteiger partial charge in [-0.15, -0.1) is 0 Å². The minimum absolute atomic E-state index is 0.328. The van der Waals surface area contributed by atoms with Crippen LogP contribution < -0.4 is 24.4 Å². The predicted octanol–water partition coefficient (Wildman–Crippen LogP) is 4.93. The molecule has 1 N–H and O–H groups in total. The Hall–Kier alpha value is -4.66. The summed E-state index contributed by atoms with van der Waals surface area (Å²) in [5.74, 6) is 1.37.